The maximum atomic E-state index is 12.3. The first-order valence-corrected chi connectivity index (χ1v) is 9.82. The van der Waals surface area contributed by atoms with Crippen molar-refractivity contribution in [3.05, 3.63) is 24.3 Å². The first kappa shape index (κ1) is 20.1. The van der Waals surface area contributed by atoms with Crippen molar-refractivity contribution in [2.75, 3.05) is 11.1 Å². The Morgan fingerprint density at radius 2 is 1.88 bits per heavy atom. The third kappa shape index (κ3) is 6.59. The highest BCUT2D eigenvalue weighted by atomic mass is 32.2. The normalized spacial score (nSPS) is 15.7. The van der Waals surface area contributed by atoms with E-state index in [0.717, 1.165) is 30.6 Å². The predicted octanol–water partition coefficient (Wildman–Crippen LogP) is 2.22. The van der Waals surface area contributed by atoms with E-state index in [1.54, 1.807) is 6.92 Å². The maximum Gasteiger partial charge on any atom is 0.321 e. The Labute approximate surface area is 157 Å². The molecule has 0 heterocycles. The lowest BCUT2D eigenvalue weighted by Crippen LogP contribution is -2.49. The molecule has 5 N–H and O–H groups in total. The number of nitrogens with two attached hydrogens (primary N) is 1. The molecule has 7 nitrogen and oxygen atoms in total. The fourth-order valence-electron chi connectivity index (χ4n) is 2.85. The maximum absolute atomic E-state index is 12.3. The fourth-order valence-corrected chi connectivity index (χ4v) is 3.60. The number of primary amides is 1. The number of nitrogens with one attached hydrogen (secondary N) is 3. The smallest absolute Gasteiger partial charge is 0.321 e. The molecule has 2 rings (SSSR count). The van der Waals surface area contributed by atoms with Gasteiger partial charge < -0.3 is 16.4 Å². The Balaban J connectivity index is 1.86. The Morgan fingerprint density at radius 3 is 2.58 bits per heavy atom. The number of para-hydroxylation sites is 1. The summed E-state index contributed by atoms with van der Waals surface area (Å²) in [6, 6.07) is 6.42. The van der Waals surface area contributed by atoms with Crippen LogP contribution in [0.5, 0.6) is 0 Å². The summed E-state index contributed by atoms with van der Waals surface area (Å²) < 4.78 is 0. The molecule has 0 aliphatic heterocycles. The van der Waals surface area contributed by atoms with Crippen LogP contribution in [0.3, 0.4) is 0 Å². The van der Waals surface area contributed by atoms with Crippen LogP contribution in [0, 0.1) is 0 Å². The zero-order valence-electron chi connectivity index (χ0n) is 14.9. The lowest BCUT2D eigenvalue weighted by atomic mass is 9.96. The van der Waals surface area contributed by atoms with E-state index < -0.39 is 23.9 Å². The van der Waals surface area contributed by atoms with Gasteiger partial charge in [-0.1, -0.05) is 31.4 Å². The Hall–Kier alpha value is -2.22. The van der Waals surface area contributed by atoms with Crippen molar-refractivity contribution in [2.24, 2.45) is 5.73 Å². The highest BCUT2D eigenvalue weighted by molar-refractivity contribution is 8.00. The van der Waals surface area contributed by atoms with Gasteiger partial charge in [-0.25, -0.2) is 4.79 Å². The molecule has 0 radical (unpaired) electrons. The molecule has 1 atom stereocenters. The van der Waals surface area contributed by atoms with Gasteiger partial charge >= 0.3 is 6.03 Å². The van der Waals surface area contributed by atoms with Gasteiger partial charge in [0.15, 0.2) is 0 Å². The Bertz CT molecular complexity index is 647. The van der Waals surface area contributed by atoms with Crippen LogP contribution in [0.15, 0.2) is 29.2 Å². The van der Waals surface area contributed by atoms with E-state index in [-0.39, 0.29) is 11.8 Å². The molecule has 0 bridgehead atoms. The summed E-state index contributed by atoms with van der Waals surface area (Å²) in [7, 11) is 0. The number of urea groups is 1. The summed E-state index contributed by atoms with van der Waals surface area (Å²) >= 11 is 1.30. The van der Waals surface area contributed by atoms with Gasteiger partial charge in [0.2, 0.25) is 11.8 Å². The first-order chi connectivity index (χ1) is 12.5. The third-order valence-electron chi connectivity index (χ3n) is 4.20. The predicted molar refractivity (Wildman–Crippen MR) is 103 cm³/mol. The van der Waals surface area contributed by atoms with Crippen LogP contribution < -0.4 is 21.7 Å². The van der Waals surface area contributed by atoms with Crippen LogP contribution >= 0.6 is 11.8 Å². The number of imide groups is 1. The second kappa shape index (κ2) is 10.1. The molecule has 26 heavy (non-hydrogen) atoms. The molecule has 1 fully saturated rings. The quantitative estimate of drug-likeness (QED) is 0.543. The van der Waals surface area contributed by atoms with Gasteiger partial charge in [0.25, 0.3) is 0 Å². The monoisotopic (exact) mass is 378 g/mol. The Morgan fingerprint density at radius 1 is 1.19 bits per heavy atom. The van der Waals surface area contributed by atoms with Crippen LogP contribution in [-0.4, -0.2) is 35.7 Å². The summed E-state index contributed by atoms with van der Waals surface area (Å²) in [6.45, 7) is 1.68. The van der Waals surface area contributed by atoms with E-state index in [2.05, 4.69) is 16.0 Å². The molecule has 8 heteroatoms. The molecule has 0 aromatic heterocycles. The first-order valence-electron chi connectivity index (χ1n) is 8.83. The molecule has 1 aromatic carbocycles. The Kier molecular flexibility index (Phi) is 7.77. The highest BCUT2D eigenvalue weighted by Crippen LogP contribution is 2.27. The van der Waals surface area contributed by atoms with Crippen molar-refractivity contribution in [3.63, 3.8) is 0 Å². The molecule has 1 aliphatic rings. The molecule has 1 aromatic rings. The van der Waals surface area contributed by atoms with Crippen molar-refractivity contribution in [2.45, 2.75) is 56.0 Å². The molecular formula is C18H26N4O3S. The number of anilines is 1. The van der Waals surface area contributed by atoms with Gasteiger partial charge in [-0.15, -0.1) is 11.8 Å². The van der Waals surface area contributed by atoms with Crippen LogP contribution in [0.25, 0.3) is 0 Å². The van der Waals surface area contributed by atoms with Crippen LogP contribution in [-0.2, 0) is 9.59 Å². The van der Waals surface area contributed by atoms with E-state index in [4.69, 9.17) is 5.73 Å². The number of carbonyl (C=O) groups is 3. The van der Waals surface area contributed by atoms with Crippen LogP contribution in [0.1, 0.15) is 39.0 Å². The highest BCUT2D eigenvalue weighted by Gasteiger charge is 2.20. The number of thioether (sulfide) groups is 1. The van der Waals surface area contributed by atoms with Crippen molar-refractivity contribution < 1.29 is 14.4 Å². The number of amides is 4. The van der Waals surface area contributed by atoms with E-state index in [9.17, 15) is 14.4 Å². The SMILES string of the molecule is C[C@@H](Nc1ccccc1SCC(N)=O)C(=O)NC(=O)NC1CCCCC1. The molecule has 1 saturated carbocycles. The van der Waals surface area contributed by atoms with Gasteiger partial charge in [-0.3, -0.25) is 14.9 Å². The van der Waals surface area contributed by atoms with E-state index in [0.29, 0.717) is 5.69 Å². The van der Waals surface area contributed by atoms with Crippen molar-refractivity contribution in [3.8, 4) is 0 Å². The summed E-state index contributed by atoms with van der Waals surface area (Å²) in [5, 5.41) is 8.32. The number of benzene rings is 1. The van der Waals surface area contributed by atoms with E-state index >= 15 is 0 Å². The summed E-state index contributed by atoms with van der Waals surface area (Å²) in [5.41, 5.74) is 5.90. The van der Waals surface area contributed by atoms with Gasteiger partial charge in [-0.05, 0) is 31.9 Å². The van der Waals surface area contributed by atoms with Gasteiger partial charge in [-0.2, -0.15) is 0 Å². The van der Waals surface area contributed by atoms with Crippen LogP contribution in [0.2, 0.25) is 0 Å². The third-order valence-corrected chi connectivity index (χ3v) is 5.30. The molecular weight excluding hydrogens is 352 g/mol. The van der Waals surface area contributed by atoms with E-state index in [1.807, 2.05) is 24.3 Å². The molecule has 0 saturated heterocycles. The van der Waals surface area contributed by atoms with E-state index in [1.165, 1.54) is 18.2 Å². The average Bonchev–Trinajstić information content (AvgIpc) is 2.61. The minimum absolute atomic E-state index is 0.144. The molecule has 4 amide bonds. The van der Waals surface area contributed by atoms with Crippen LogP contribution in [0.4, 0.5) is 10.5 Å². The molecule has 1 aliphatic carbocycles. The average molecular weight is 378 g/mol. The van der Waals surface area contributed by atoms with Gasteiger partial charge in [0.05, 0.1) is 5.75 Å². The zero-order valence-corrected chi connectivity index (χ0v) is 15.7. The molecule has 142 valence electrons. The number of carbonyl (C=O) groups excluding carboxylic acids is 3. The second-order valence-electron chi connectivity index (χ2n) is 6.41. The fraction of sp³-hybridized carbons (Fsp3) is 0.500. The van der Waals surface area contributed by atoms with Crippen molar-refractivity contribution in [1.29, 1.82) is 0 Å². The van der Waals surface area contributed by atoms with Gasteiger partial charge in [0.1, 0.15) is 6.04 Å². The lowest BCUT2D eigenvalue weighted by molar-refractivity contribution is -0.120. The molecule has 0 unspecified atom stereocenters. The number of hydrogen-bond donors (Lipinski definition) is 4. The zero-order chi connectivity index (χ0) is 18.9. The van der Waals surface area contributed by atoms with Gasteiger partial charge in [0, 0.05) is 16.6 Å². The minimum atomic E-state index is -0.609. The number of hydrogen-bond acceptors (Lipinski definition) is 5. The summed E-state index contributed by atoms with van der Waals surface area (Å²) in [5.74, 6) is -0.661. The number of rotatable bonds is 7. The topological polar surface area (TPSA) is 113 Å². The lowest BCUT2D eigenvalue weighted by Gasteiger charge is -2.23. The summed E-state index contributed by atoms with van der Waals surface area (Å²) in [6.07, 6.45) is 5.33. The summed E-state index contributed by atoms with van der Waals surface area (Å²) in [4.78, 5) is 36.0. The molecule has 0 spiro atoms. The van der Waals surface area contributed by atoms with Crippen molar-refractivity contribution >= 4 is 35.3 Å². The standard InChI is InChI=1S/C18H26N4O3S/c1-12(17(24)22-18(25)21-13-7-3-2-4-8-13)20-14-9-5-6-10-15(14)26-11-16(19)23/h5-6,9-10,12-13,20H,2-4,7-8,11H2,1H3,(H2,19,23)(H2,21,22,24,25)/t12-/m1/s1. The second-order valence-corrected chi connectivity index (χ2v) is 7.43. The van der Waals surface area contributed by atoms with Crippen molar-refractivity contribution in [1.82, 2.24) is 10.6 Å². The largest absolute Gasteiger partial charge is 0.373 e. The minimum Gasteiger partial charge on any atom is -0.373 e.